The first kappa shape index (κ1) is 10.8. The smallest absolute Gasteiger partial charge is 0.0596 e. The van der Waals surface area contributed by atoms with Gasteiger partial charge in [0.1, 0.15) is 0 Å². The van der Waals surface area contributed by atoms with Crippen LogP contribution in [-0.4, -0.2) is 15.1 Å². The van der Waals surface area contributed by atoms with Gasteiger partial charge in [-0.25, -0.2) is 0 Å². The fraction of sp³-hybridized carbons (Fsp3) is 0.769. The van der Waals surface area contributed by atoms with E-state index in [0.29, 0.717) is 5.41 Å². The maximum absolute atomic E-state index is 4.45. The van der Waals surface area contributed by atoms with Crippen LogP contribution < -0.4 is 0 Å². The summed E-state index contributed by atoms with van der Waals surface area (Å²) in [4.78, 5) is 0. The minimum Gasteiger partial charge on any atom is -0.272 e. The molecule has 0 amide bonds. The molecule has 0 aromatic carbocycles. The molecule has 2 unspecified atom stereocenters. The molecule has 0 bridgehead atoms. The lowest BCUT2D eigenvalue weighted by atomic mass is 9.81. The Morgan fingerprint density at radius 3 is 2.69 bits per heavy atom. The molecule has 16 heavy (non-hydrogen) atoms. The average molecular weight is 283 g/mol. The molecular weight excluding hydrogens is 264 g/mol. The van der Waals surface area contributed by atoms with E-state index in [0.717, 1.165) is 22.9 Å². The monoisotopic (exact) mass is 282 g/mol. The second-order valence-corrected chi connectivity index (χ2v) is 6.44. The Morgan fingerprint density at radius 1 is 1.50 bits per heavy atom. The van der Waals surface area contributed by atoms with Crippen molar-refractivity contribution in [2.24, 2.45) is 24.3 Å². The molecular formula is C13H19BrN2. The molecule has 1 aromatic rings. The lowest BCUT2D eigenvalue weighted by molar-refractivity contribution is 0.301. The molecule has 0 radical (unpaired) electrons. The van der Waals surface area contributed by atoms with Crippen LogP contribution in [0.5, 0.6) is 0 Å². The third kappa shape index (κ3) is 1.73. The highest BCUT2D eigenvalue weighted by Gasteiger charge is 2.53. The highest BCUT2D eigenvalue weighted by Crippen LogP contribution is 2.61. The van der Waals surface area contributed by atoms with Gasteiger partial charge in [-0.15, -0.1) is 0 Å². The summed E-state index contributed by atoms with van der Waals surface area (Å²) in [7, 11) is 2.07. The van der Waals surface area contributed by atoms with Crippen molar-refractivity contribution in [1.82, 2.24) is 9.78 Å². The van der Waals surface area contributed by atoms with E-state index in [1.165, 1.54) is 31.4 Å². The molecule has 2 aliphatic rings. The van der Waals surface area contributed by atoms with Crippen LogP contribution in [0, 0.1) is 24.2 Å². The highest BCUT2D eigenvalue weighted by atomic mass is 79.9. The topological polar surface area (TPSA) is 17.8 Å². The fourth-order valence-corrected chi connectivity index (χ4v) is 4.18. The predicted octanol–water partition coefficient (Wildman–Crippen LogP) is 3.08. The molecule has 3 rings (SSSR count). The summed E-state index contributed by atoms with van der Waals surface area (Å²) >= 11 is 3.74. The molecule has 0 saturated heterocycles. The molecule has 88 valence electrons. The van der Waals surface area contributed by atoms with Crippen LogP contribution in [0.2, 0.25) is 0 Å². The van der Waals surface area contributed by atoms with Crippen molar-refractivity contribution in [2.45, 2.75) is 32.6 Å². The molecule has 2 saturated carbocycles. The Balaban J connectivity index is 1.79. The third-order valence-electron chi connectivity index (χ3n) is 4.40. The zero-order chi connectivity index (χ0) is 11.3. The number of nitrogens with zero attached hydrogens (tertiary/aromatic N) is 2. The van der Waals surface area contributed by atoms with E-state index in [1.54, 1.807) is 0 Å². The number of halogens is 1. The minimum atomic E-state index is 0.522. The number of aryl methyl sites for hydroxylation is 2. The molecule has 0 aliphatic heterocycles. The summed E-state index contributed by atoms with van der Waals surface area (Å²) in [6, 6.07) is 2.24. The molecule has 0 spiro atoms. The van der Waals surface area contributed by atoms with E-state index in [1.807, 2.05) is 0 Å². The van der Waals surface area contributed by atoms with Crippen LogP contribution in [0.3, 0.4) is 0 Å². The summed E-state index contributed by atoms with van der Waals surface area (Å²) in [5.41, 5.74) is 3.07. The van der Waals surface area contributed by atoms with Crippen LogP contribution in [0.15, 0.2) is 6.07 Å². The van der Waals surface area contributed by atoms with E-state index in [-0.39, 0.29) is 0 Å². The van der Waals surface area contributed by atoms with Crippen molar-refractivity contribution in [3.8, 4) is 0 Å². The first-order chi connectivity index (χ1) is 7.62. The van der Waals surface area contributed by atoms with Gasteiger partial charge < -0.3 is 0 Å². The quantitative estimate of drug-likeness (QED) is 0.779. The zero-order valence-electron chi connectivity index (χ0n) is 10.0. The first-order valence-electron chi connectivity index (χ1n) is 6.17. The van der Waals surface area contributed by atoms with Crippen molar-refractivity contribution in [1.29, 1.82) is 0 Å². The summed E-state index contributed by atoms with van der Waals surface area (Å²) < 4.78 is 2.06. The van der Waals surface area contributed by atoms with E-state index in [9.17, 15) is 0 Å². The van der Waals surface area contributed by atoms with E-state index in [2.05, 4.69) is 45.7 Å². The Bertz CT molecular complexity index is 400. The standard InChI is InChI=1S/C13H19BrN2/c1-9-3-12(16(2)15-9)7-13(8-14)5-10-4-11(10)6-13/h3,10-11H,4-8H2,1-2H3. The number of hydrogen-bond acceptors (Lipinski definition) is 1. The van der Waals surface area contributed by atoms with Crippen molar-refractivity contribution >= 4 is 15.9 Å². The van der Waals surface area contributed by atoms with Gasteiger partial charge in [0.25, 0.3) is 0 Å². The Morgan fingerprint density at radius 2 is 2.19 bits per heavy atom. The fourth-order valence-electron chi connectivity index (χ4n) is 3.52. The number of rotatable bonds is 3. The highest BCUT2D eigenvalue weighted by molar-refractivity contribution is 9.09. The van der Waals surface area contributed by atoms with Gasteiger partial charge in [0.15, 0.2) is 0 Å². The number of fused-ring (bicyclic) bond motifs is 1. The van der Waals surface area contributed by atoms with Gasteiger partial charge in [-0.2, -0.15) is 5.10 Å². The summed E-state index contributed by atoms with van der Waals surface area (Å²) in [5, 5.41) is 5.60. The molecule has 2 aliphatic carbocycles. The zero-order valence-corrected chi connectivity index (χ0v) is 11.6. The van der Waals surface area contributed by atoms with Gasteiger partial charge in [0, 0.05) is 18.1 Å². The molecule has 0 N–H and O–H groups in total. The van der Waals surface area contributed by atoms with Gasteiger partial charge in [-0.3, -0.25) is 4.68 Å². The van der Waals surface area contributed by atoms with Crippen molar-refractivity contribution in [3.63, 3.8) is 0 Å². The Labute approximate surface area is 106 Å². The molecule has 1 heterocycles. The van der Waals surface area contributed by atoms with Crippen LogP contribution in [-0.2, 0) is 13.5 Å². The van der Waals surface area contributed by atoms with Crippen molar-refractivity contribution < 1.29 is 0 Å². The second kappa shape index (κ2) is 3.59. The normalized spacial score (nSPS) is 36.4. The van der Waals surface area contributed by atoms with Gasteiger partial charge in [-0.05, 0) is 55.9 Å². The van der Waals surface area contributed by atoms with E-state index in [4.69, 9.17) is 0 Å². The SMILES string of the molecule is Cc1cc(CC2(CBr)CC3CC3C2)n(C)n1. The molecule has 2 nitrogen and oxygen atoms in total. The summed E-state index contributed by atoms with van der Waals surface area (Å²) in [6.45, 7) is 2.08. The van der Waals surface area contributed by atoms with Crippen LogP contribution in [0.25, 0.3) is 0 Å². The first-order valence-corrected chi connectivity index (χ1v) is 7.29. The molecule has 2 fully saturated rings. The molecule has 1 aromatic heterocycles. The number of alkyl halides is 1. The molecule has 3 heteroatoms. The maximum atomic E-state index is 4.45. The van der Waals surface area contributed by atoms with Gasteiger partial charge in [-0.1, -0.05) is 15.9 Å². The predicted molar refractivity (Wildman–Crippen MR) is 68.7 cm³/mol. The number of aromatic nitrogens is 2. The second-order valence-electron chi connectivity index (χ2n) is 5.88. The van der Waals surface area contributed by atoms with Crippen LogP contribution >= 0.6 is 15.9 Å². The Hall–Kier alpha value is -0.310. The van der Waals surface area contributed by atoms with Gasteiger partial charge in [0.2, 0.25) is 0 Å². The third-order valence-corrected chi connectivity index (χ3v) is 5.59. The summed E-state index contributed by atoms with van der Waals surface area (Å²) in [5.74, 6) is 2.10. The number of hydrogen-bond donors (Lipinski definition) is 0. The van der Waals surface area contributed by atoms with E-state index < -0.39 is 0 Å². The van der Waals surface area contributed by atoms with Crippen LogP contribution in [0.1, 0.15) is 30.7 Å². The van der Waals surface area contributed by atoms with Crippen molar-refractivity contribution in [2.75, 3.05) is 5.33 Å². The van der Waals surface area contributed by atoms with E-state index >= 15 is 0 Å². The average Bonchev–Trinajstić information content (AvgIpc) is 2.72. The Kier molecular flexibility index (Phi) is 2.43. The summed E-state index contributed by atoms with van der Waals surface area (Å²) in [6.07, 6.45) is 5.54. The van der Waals surface area contributed by atoms with Gasteiger partial charge in [0.05, 0.1) is 5.69 Å². The van der Waals surface area contributed by atoms with Gasteiger partial charge >= 0.3 is 0 Å². The lowest BCUT2D eigenvalue weighted by Gasteiger charge is -2.28. The minimum absolute atomic E-state index is 0.522. The molecule has 2 atom stereocenters. The lowest BCUT2D eigenvalue weighted by Crippen LogP contribution is -2.25. The van der Waals surface area contributed by atoms with Crippen LogP contribution in [0.4, 0.5) is 0 Å². The largest absolute Gasteiger partial charge is 0.272 e. The maximum Gasteiger partial charge on any atom is 0.0596 e. The van der Waals surface area contributed by atoms with Crippen molar-refractivity contribution in [3.05, 3.63) is 17.5 Å².